The molecule has 0 spiro atoms. The van der Waals surface area contributed by atoms with E-state index in [0.717, 1.165) is 6.42 Å². The van der Waals surface area contributed by atoms with Gasteiger partial charge in [0.15, 0.2) is 0 Å². The van der Waals surface area contributed by atoms with Gasteiger partial charge in [-0.3, -0.25) is 0 Å². The Morgan fingerprint density at radius 2 is 1.69 bits per heavy atom. The van der Waals surface area contributed by atoms with E-state index >= 15 is 0 Å². The quantitative estimate of drug-likeness (QED) is 0.548. The van der Waals surface area contributed by atoms with Crippen LogP contribution in [0, 0.1) is 0 Å². The molecule has 0 nitrogen and oxygen atoms in total. The second-order valence-electron chi connectivity index (χ2n) is 3.53. The molecule has 0 unspecified atom stereocenters. The van der Waals surface area contributed by atoms with Gasteiger partial charge >= 0.3 is 0 Å². The summed E-state index contributed by atoms with van der Waals surface area (Å²) in [5.74, 6) is 0. The maximum atomic E-state index is 2.25. The van der Waals surface area contributed by atoms with Crippen LogP contribution in [-0.4, -0.2) is 0 Å². The molecule has 1 aromatic rings. The fourth-order valence-electron chi connectivity index (χ4n) is 1.79. The van der Waals surface area contributed by atoms with Crippen molar-refractivity contribution in [3.63, 3.8) is 0 Å². The van der Waals surface area contributed by atoms with Gasteiger partial charge in [0.25, 0.3) is 0 Å². The molecule has 0 saturated carbocycles. The van der Waals surface area contributed by atoms with E-state index < -0.39 is 0 Å². The van der Waals surface area contributed by atoms with E-state index in [1.165, 1.54) is 22.3 Å². The van der Waals surface area contributed by atoms with E-state index in [1.54, 1.807) is 0 Å². The molecule has 0 aromatic heterocycles. The van der Waals surface area contributed by atoms with Crippen LogP contribution in [0.25, 0.3) is 11.1 Å². The molecule has 0 N–H and O–H groups in total. The summed E-state index contributed by atoms with van der Waals surface area (Å²) in [5.41, 5.74) is 5.78. The van der Waals surface area contributed by atoms with Crippen molar-refractivity contribution in [1.82, 2.24) is 0 Å². The van der Waals surface area contributed by atoms with Crippen LogP contribution in [-0.2, 0) is 6.42 Å². The highest BCUT2D eigenvalue weighted by Gasteiger charge is 2.16. The predicted molar refractivity (Wildman–Crippen MR) is 54.7 cm³/mol. The number of benzene rings is 2. The molecule has 13 heavy (non-hydrogen) atoms. The predicted octanol–water partition coefficient (Wildman–Crippen LogP) is 3.26. The zero-order valence-corrected chi connectivity index (χ0v) is 7.33. The highest BCUT2D eigenvalue weighted by atomic mass is 14.2. The molecule has 0 heterocycles. The highest BCUT2D eigenvalue weighted by molar-refractivity contribution is 5.84. The molecule has 0 heteroatoms. The van der Waals surface area contributed by atoms with Crippen LogP contribution in [0.1, 0.15) is 11.1 Å². The lowest BCUT2D eigenvalue weighted by molar-refractivity contribution is 1.22. The van der Waals surface area contributed by atoms with Crippen molar-refractivity contribution in [2.24, 2.45) is 0 Å². The Kier molecular flexibility index (Phi) is 1.31. The molecular formula is C13H10. The van der Waals surface area contributed by atoms with Gasteiger partial charge < -0.3 is 0 Å². The lowest BCUT2D eigenvalue weighted by Crippen LogP contribution is -1.83. The van der Waals surface area contributed by atoms with Gasteiger partial charge in [-0.15, -0.1) is 0 Å². The largest absolute Gasteiger partial charge is 0.0622 e. The molecule has 0 bridgehead atoms. The SMILES string of the molecule is c1ccc(Cc2ccc3cc2-3)cc1. The minimum Gasteiger partial charge on any atom is -0.0622 e. The third-order valence-corrected chi connectivity index (χ3v) is 2.57. The fraction of sp³-hybridized carbons (Fsp3) is 0.0769. The summed E-state index contributed by atoms with van der Waals surface area (Å²) < 4.78 is 0. The summed E-state index contributed by atoms with van der Waals surface area (Å²) in [4.78, 5) is 0. The van der Waals surface area contributed by atoms with Crippen LogP contribution in [0.3, 0.4) is 0 Å². The third-order valence-electron chi connectivity index (χ3n) is 2.57. The number of hydrogen-bond acceptors (Lipinski definition) is 0. The van der Waals surface area contributed by atoms with Gasteiger partial charge in [-0.25, -0.2) is 0 Å². The van der Waals surface area contributed by atoms with Gasteiger partial charge in [-0.1, -0.05) is 42.5 Å². The topological polar surface area (TPSA) is 0 Å². The van der Waals surface area contributed by atoms with Crippen LogP contribution >= 0.6 is 0 Å². The van der Waals surface area contributed by atoms with Crippen molar-refractivity contribution in [3.05, 3.63) is 59.7 Å². The van der Waals surface area contributed by atoms with Crippen molar-refractivity contribution in [3.8, 4) is 11.1 Å². The first kappa shape index (κ1) is 6.90. The van der Waals surface area contributed by atoms with Crippen LogP contribution in [0.15, 0.2) is 48.5 Å². The van der Waals surface area contributed by atoms with Gasteiger partial charge in [0, 0.05) is 0 Å². The van der Waals surface area contributed by atoms with E-state index in [9.17, 15) is 0 Å². The molecule has 0 aliphatic heterocycles. The second-order valence-corrected chi connectivity index (χ2v) is 3.53. The van der Waals surface area contributed by atoms with Gasteiger partial charge in [0.2, 0.25) is 0 Å². The van der Waals surface area contributed by atoms with Crippen molar-refractivity contribution in [2.45, 2.75) is 6.42 Å². The summed E-state index contributed by atoms with van der Waals surface area (Å²) in [7, 11) is 0. The first-order valence-electron chi connectivity index (χ1n) is 4.61. The smallest absolute Gasteiger partial charge is 0.00196 e. The summed E-state index contributed by atoms with van der Waals surface area (Å²) in [6.07, 6.45) is 1.08. The highest BCUT2D eigenvalue weighted by Crippen LogP contribution is 2.39. The van der Waals surface area contributed by atoms with Crippen molar-refractivity contribution in [2.75, 3.05) is 0 Å². The first-order valence-corrected chi connectivity index (χ1v) is 4.61. The van der Waals surface area contributed by atoms with Crippen LogP contribution in [0.5, 0.6) is 0 Å². The monoisotopic (exact) mass is 166 g/mol. The average Bonchev–Trinajstić information content (AvgIpc) is 2.86. The van der Waals surface area contributed by atoms with E-state index in [-0.39, 0.29) is 0 Å². The normalized spacial score (nSPS) is 11.4. The lowest BCUT2D eigenvalue weighted by Gasteiger charge is -1.97. The van der Waals surface area contributed by atoms with E-state index in [2.05, 4.69) is 48.5 Å². The molecular weight excluding hydrogens is 156 g/mol. The van der Waals surface area contributed by atoms with Crippen molar-refractivity contribution >= 4 is 0 Å². The molecule has 0 saturated heterocycles. The zero-order valence-electron chi connectivity index (χ0n) is 7.33. The molecule has 3 rings (SSSR count). The number of hydrogen-bond donors (Lipinski definition) is 0. The maximum Gasteiger partial charge on any atom is -0.00196 e. The van der Waals surface area contributed by atoms with Crippen molar-refractivity contribution < 1.29 is 0 Å². The van der Waals surface area contributed by atoms with E-state index in [0.29, 0.717) is 0 Å². The van der Waals surface area contributed by atoms with Gasteiger partial charge in [0.1, 0.15) is 0 Å². The van der Waals surface area contributed by atoms with Crippen molar-refractivity contribution in [1.29, 1.82) is 0 Å². The van der Waals surface area contributed by atoms with Crippen LogP contribution < -0.4 is 0 Å². The standard InChI is InChI=1S/C13H10/c1-2-4-10(5-3-1)8-11-6-7-12-9-13(11)12/h1-7,9H,8H2. The average molecular weight is 166 g/mol. The van der Waals surface area contributed by atoms with Gasteiger partial charge in [-0.05, 0) is 34.7 Å². The maximum absolute atomic E-state index is 2.25. The molecule has 0 fully saturated rings. The first-order chi connectivity index (χ1) is 6.43. The second kappa shape index (κ2) is 2.46. The Morgan fingerprint density at radius 3 is 2.31 bits per heavy atom. The summed E-state index contributed by atoms with van der Waals surface area (Å²) in [6.45, 7) is 0. The molecule has 0 atom stereocenters. The molecule has 2 aliphatic rings. The molecule has 2 aliphatic carbocycles. The van der Waals surface area contributed by atoms with Gasteiger partial charge in [0.05, 0.1) is 0 Å². The molecule has 1 aromatic carbocycles. The summed E-state index contributed by atoms with van der Waals surface area (Å²) in [6, 6.07) is 17.3. The third kappa shape index (κ3) is 1.15. The lowest BCUT2D eigenvalue weighted by atomic mass is 10.1. The van der Waals surface area contributed by atoms with Gasteiger partial charge in [-0.2, -0.15) is 0 Å². The molecule has 0 radical (unpaired) electrons. The van der Waals surface area contributed by atoms with Crippen LogP contribution in [0.4, 0.5) is 0 Å². The minimum atomic E-state index is 1.08. The number of fused-ring (bicyclic) bond motifs is 1. The Morgan fingerprint density at radius 1 is 0.846 bits per heavy atom. The Balaban J connectivity index is 1.88. The Labute approximate surface area is 77.8 Å². The Bertz CT molecular complexity index is 441. The summed E-state index contributed by atoms with van der Waals surface area (Å²) >= 11 is 0. The molecule has 62 valence electrons. The number of rotatable bonds is 2. The van der Waals surface area contributed by atoms with Crippen LogP contribution in [0.2, 0.25) is 0 Å². The zero-order chi connectivity index (χ0) is 8.67. The van der Waals surface area contributed by atoms with E-state index in [4.69, 9.17) is 0 Å². The summed E-state index contributed by atoms with van der Waals surface area (Å²) in [5, 5.41) is 0. The minimum absolute atomic E-state index is 1.08. The Hall–Kier alpha value is -1.56. The molecule has 0 amide bonds. The van der Waals surface area contributed by atoms with E-state index in [1.807, 2.05) is 0 Å². The fourth-order valence-corrected chi connectivity index (χ4v) is 1.79.